The molecule has 0 aliphatic carbocycles. The first kappa shape index (κ1) is 49.9. The zero-order chi connectivity index (χ0) is 46.6. The maximum atomic E-state index is 13.7. The zero-order valence-corrected chi connectivity index (χ0v) is 37.1. The summed E-state index contributed by atoms with van der Waals surface area (Å²) in [7, 11) is 0. The summed E-state index contributed by atoms with van der Waals surface area (Å²) < 4.78 is 80.3. The Hall–Kier alpha value is -5.10. The van der Waals surface area contributed by atoms with Gasteiger partial charge in [0.2, 0.25) is 0 Å². The molecule has 16 heteroatoms. The van der Waals surface area contributed by atoms with Gasteiger partial charge in [-0.05, 0) is 112 Å². The number of nitrogens with two attached hydrogens (primary N) is 1. The van der Waals surface area contributed by atoms with Gasteiger partial charge in [0.1, 0.15) is 40.6 Å². The first-order chi connectivity index (χ1) is 30.2. The molecule has 1 fully saturated rings. The van der Waals surface area contributed by atoms with E-state index in [4.69, 9.17) is 29.4 Å². The van der Waals surface area contributed by atoms with E-state index in [-0.39, 0.29) is 43.6 Å². The van der Waals surface area contributed by atoms with E-state index in [0.717, 1.165) is 23.3 Å². The van der Waals surface area contributed by atoms with Gasteiger partial charge in [-0.1, -0.05) is 48.5 Å². The molecule has 3 unspecified atom stereocenters. The van der Waals surface area contributed by atoms with Crippen LogP contribution in [0.3, 0.4) is 0 Å². The molecule has 348 valence electrons. The van der Waals surface area contributed by atoms with E-state index < -0.39 is 58.8 Å². The number of aliphatic hydroxyl groups is 1. The fourth-order valence-electron chi connectivity index (χ4n) is 7.10. The molecule has 3 aliphatic rings. The quantitative estimate of drug-likeness (QED) is 0.0747. The monoisotopic (exact) mass is 896 g/mol. The molecular formula is C48H60F4N4O8. The number of benzene rings is 4. The van der Waals surface area contributed by atoms with Gasteiger partial charge in [-0.25, -0.2) is 27.2 Å². The minimum Gasteiger partial charge on any atom is -0.444 e. The van der Waals surface area contributed by atoms with Crippen LogP contribution in [0.5, 0.6) is 0 Å². The van der Waals surface area contributed by atoms with E-state index in [9.17, 15) is 32.3 Å². The van der Waals surface area contributed by atoms with Crippen molar-refractivity contribution in [3.8, 4) is 0 Å². The molecule has 64 heavy (non-hydrogen) atoms. The third-order valence-corrected chi connectivity index (χ3v) is 9.99. The number of amides is 2. The SMILES string of the molecule is CC(C)(C)OC(=O)N[C@@H](Cc1cc(F)cc(F)c1)C1CO1.CC(C)(C)OC(=O)N[C@@H](Cc1cc(F)cc(F)c1)[C@H](O)CNC1COCc2ccccc21.NC1COCc2ccccc21. The largest absolute Gasteiger partial charge is 0.444 e. The Bertz CT molecular complexity index is 2120. The van der Waals surface area contributed by atoms with Crippen molar-refractivity contribution in [1.29, 1.82) is 0 Å². The number of halogens is 4. The van der Waals surface area contributed by atoms with Crippen LogP contribution in [0.2, 0.25) is 0 Å². The lowest BCUT2D eigenvalue weighted by Crippen LogP contribution is -2.50. The van der Waals surface area contributed by atoms with Crippen molar-refractivity contribution < 1.29 is 55.9 Å². The Labute approximate surface area is 372 Å². The number of alkyl carbamates (subject to hydrolysis) is 2. The summed E-state index contributed by atoms with van der Waals surface area (Å²) in [6, 6.07) is 21.2. The van der Waals surface area contributed by atoms with Gasteiger partial charge in [-0.2, -0.15) is 0 Å². The summed E-state index contributed by atoms with van der Waals surface area (Å²) in [4.78, 5) is 24.1. The Balaban J connectivity index is 0.000000204. The van der Waals surface area contributed by atoms with Crippen LogP contribution in [0, 0.1) is 23.3 Å². The van der Waals surface area contributed by atoms with Gasteiger partial charge in [0.15, 0.2) is 0 Å². The van der Waals surface area contributed by atoms with Crippen LogP contribution < -0.4 is 21.7 Å². The van der Waals surface area contributed by atoms with E-state index in [0.29, 0.717) is 44.2 Å². The minimum absolute atomic E-state index is 0.0223. The maximum absolute atomic E-state index is 13.7. The Morgan fingerprint density at radius 3 is 1.69 bits per heavy atom. The van der Waals surface area contributed by atoms with Crippen molar-refractivity contribution >= 4 is 12.2 Å². The van der Waals surface area contributed by atoms with Crippen LogP contribution in [0.15, 0.2) is 84.9 Å². The molecule has 6 atom stereocenters. The molecule has 6 N–H and O–H groups in total. The topological polar surface area (TPSA) is 166 Å². The second-order valence-electron chi connectivity index (χ2n) is 17.9. The summed E-state index contributed by atoms with van der Waals surface area (Å²) in [5, 5.41) is 19.5. The number of epoxide rings is 1. The Kier molecular flexibility index (Phi) is 17.7. The minimum atomic E-state index is -1.05. The fraction of sp³-hybridized carbons (Fsp3) is 0.458. The molecule has 0 bridgehead atoms. The molecule has 12 nitrogen and oxygen atoms in total. The highest BCUT2D eigenvalue weighted by Crippen LogP contribution is 2.25. The first-order valence-electron chi connectivity index (χ1n) is 21.2. The van der Waals surface area contributed by atoms with Crippen LogP contribution in [-0.4, -0.2) is 79.2 Å². The number of nitrogens with one attached hydrogen (secondary N) is 3. The van der Waals surface area contributed by atoms with E-state index in [2.05, 4.69) is 28.1 Å². The fourth-order valence-corrected chi connectivity index (χ4v) is 7.10. The number of rotatable bonds is 11. The van der Waals surface area contributed by atoms with E-state index in [1.807, 2.05) is 36.4 Å². The van der Waals surface area contributed by atoms with Gasteiger partial charge in [-0.15, -0.1) is 0 Å². The van der Waals surface area contributed by atoms with Crippen molar-refractivity contribution in [3.05, 3.63) is 142 Å². The predicted octanol–water partition coefficient (Wildman–Crippen LogP) is 7.64. The number of aliphatic hydroxyl groups excluding tert-OH is 1. The number of hydrogen-bond donors (Lipinski definition) is 5. The predicted molar refractivity (Wildman–Crippen MR) is 232 cm³/mol. The molecule has 1 saturated heterocycles. The molecule has 3 heterocycles. The molecule has 3 aliphatic heterocycles. The van der Waals surface area contributed by atoms with E-state index in [1.165, 1.54) is 35.4 Å². The number of ether oxygens (including phenoxy) is 5. The van der Waals surface area contributed by atoms with Crippen molar-refractivity contribution in [1.82, 2.24) is 16.0 Å². The molecule has 4 aromatic rings. The zero-order valence-electron chi connectivity index (χ0n) is 37.1. The first-order valence-corrected chi connectivity index (χ1v) is 21.2. The standard InChI is InChI=1S/C24H30F2N2O4.C15H19F2NO3.C9H11NO/c1-24(2,3)32-23(30)28-20(10-15-8-17(25)11-18(26)9-15)22(29)12-27-21-14-31-13-16-6-4-5-7-19(16)21;1-15(2,3)21-14(19)18-12(13-8-20-13)6-9-4-10(16)7-11(17)5-9;10-9-6-11-5-7-3-1-2-4-8(7)9/h4-9,11,20-22,27,29H,10,12-14H2,1-3H3,(H,28,30);4-5,7,12-13H,6,8H2,1-3H3,(H,18,19);1-4,9H,5-6,10H2/t20-,21?,22+;12-,13?;/m00./s1. The van der Waals surface area contributed by atoms with Gasteiger partial charge in [0, 0.05) is 18.7 Å². The number of hydrogen-bond acceptors (Lipinski definition) is 10. The number of carbonyl (C=O) groups is 2. The van der Waals surface area contributed by atoms with Crippen molar-refractivity contribution in [2.75, 3.05) is 26.4 Å². The highest BCUT2D eigenvalue weighted by atomic mass is 19.1. The molecular weight excluding hydrogens is 837 g/mol. The van der Waals surface area contributed by atoms with E-state index >= 15 is 0 Å². The normalized spacial score (nSPS) is 19.1. The molecule has 7 rings (SSSR count). The molecule has 0 radical (unpaired) electrons. The lowest BCUT2D eigenvalue weighted by atomic mass is 9.97. The summed E-state index contributed by atoms with van der Waals surface area (Å²) in [6.07, 6.45) is -2.19. The smallest absolute Gasteiger partial charge is 0.407 e. The molecule has 0 saturated carbocycles. The maximum Gasteiger partial charge on any atom is 0.407 e. The average molecular weight is 897 g/mol. The third-order valence-electron chi connectivity index (χ3n) is 9.99. The lowest BCUT2D eigenvalue weighted by Gasteiger charge is -2.30. The number of carbonyl (C=O) groups excluding carboxylic acids is 2. The van der Waals surface area contributed by atoms with Crippen LogP contribution >= 0.6 is 0 Å². The van der Waals surface area contributed by atoms with Crippen LogP contribution in [0.25, 0.3) is 0 Å². The van der Waals surface area contributed by atoms with Crippen LogP contribution in [-0.2, 0) is 49.7 Å². The van der Waals surface area contributed by atoms with Gasteiger partial charge in [-0.3, -0.25) is 0 Å². The van der Waals surface area contributed by atoms with Gasteiger partial charge in [0.05, 0.1) is 63.3 Å². The molecule has 2 amide bonds. The summed E-state index contributed by atoms with van der Waals surface area (Å²) >= 11 is 0. The third kappa shape index (κ3) is 16.8. The van der Waals surface area contributed by atoms with E-state index in [1.54, 1.807) is 41.5 Å². The summed E-state index contributed by atoms with van der Waals surface area (Å²) in [5.41, 5.74) is 9.89. The number of fused-ring (bicyclic) bond motifs is 2. The van der Waals surface area contributed by atoms with Gasteiger partial charge >= 0.3 is 12.2 Å². The summed E-state index contributed by atoms with van der Waals surface area (Å²) in [5.74, 6) is -2.73. The van der Waals surface area contributed by atoms with Crippen LogP contribution in [0.4, 0.5) is 27.2 Å². The van der Waals surface area contributed by atoms with Gasteiger partial charge < -0.3 is 50.5 Å². The molecule has 4 aromatic carbocycles. The highest BCUT2D eigenvalue weighted by molar-refractivity contribution is 5.68. The Morgan fingerprint density at radius 2 is 1.17 bits per heavy atom. The summed E-state index contributed by atoms with van der Waals surface area (Å²) in [6.45, 7) is 13.4. The highest BCUT2D eigenvalue weighted by Gasteiger charge is 2.35. The second-order valence-corrected chi connectivity index (χ2v) is 17.9. The van der Waals surface area contributed by atoms with Crippen molar-refractivity contribution in [2.45, 2.75) is 115 Å². The van der Waals surface area contributed by atoms with Crippen molar-refractivity contribution in [3.63, 3.8) is 0 Å². The Morgan fingerprint density at radius 1 is 0.703 bits per heavy atom. The lowest BCUT2D eigenvalue weighted by molar-refractivity contribution is 0.0400. The molecule has 0 spiro atoms. The van der Waals surface area contributed by atoms with Crippen molar-refractivity contribution in [2.24, 2.45) is 5.73 Å². The second kappa shape index (κ2) is 22.7. The van der Waals surface area contributed by atoms with Crippen LogP contribution in [0.1, 0.15) is 87.0 Å². The van der Waals surface area contributed by atoms with Gasteiger partial charge in [0.25, 0.3) is 0 Å². The molecule has 0 aromatic heterocycles. The average Bonchev–Trinajstić information content (AvgIpc) is 4.04.